The van der Waals surface area contributed by atoms with Gasteiger partial charge in [0.25, 0.3) is 0 Å². The van der Waals surface area contributed by atoms with E-state index in [9.17, 15) is 0 Å². The molecule has 0 heterocycles. The van der Waals surface area contributed by atoms with Crippen molar-refractivity contribution in [2.75, 3.05) is 7.05 Å². The molecule has 19 heavy (non-hydrogen) atoms. The van der Waals surface area contributed by atoms with Gasteiger partial charge < -0.3 is 5.32 Å². The molecule has 0 aromatic heterocycles. The van der Waals surface area contributed by atoms with E-state index >= 15 is 0 Å². The molecule has 0 bridgehead atoms. The zero-order chi connectivity index (χ0) is 13.5. The lowest BCUT2D eigenvalue weighted by molar-refractivity contribution is 0.527. The van der Waals surface area contributed by atoms with Gasteiger partial charge in [-0.1, -0.05) is 58.4 Å². The molecule has 0 saturated heterocycles. The second-order valence-corrected chi connectivity index (χ2v) is 5.69. The second-order valence-electron chi connectivity index (χ2n) is 4.77. The molecule has 1 atom stereocenters. The molecule has 0 spiro atoms. The third kappa shape index (κ3) is 4.48. The topological polar surface area (TPSA) is 12.0 Å². The van der Waals surface area contributed by atoms with E-state index in [4.69, 9.17) is 0 Å². The van der Waals surface area contributed by atoms with E-state index in [2.05, 4.69) is 75.8 Å². The summed E-state index contributed by atoms with van der Waals surface area (Å²) < 4.78 is 1.17. The first-order chi connectivity index (χ1) is 9.29. The largest absolute Gasteiger partial charge is 0.313 e. The van der Waals surface area contributed by atoms with Gasteiger partial charge in [-0.25, -0.2) is 0 Å². The van der Waals surface area contributed by atoms with Crippen molar-refractivity contribution in [2.24, 2.45) is 0 Å². The maximum Gasteiger partial charge on any atom is 0.0317 e. The smallest absolute Gasteiger partial charge is 0.0317 e. The SMILES string of the molecule is CNC(CCCc1cccc(Br)c1)c1ccccc1. The summed E-state index contributed by atoms with van der Waals surface area (Å²) in [5, 5.41) is 3.41. The van der Waals surface area contributed by atoms with E-state index < -0.39 is 0 Å². The van der Waals surface area contributed by atoms with E-state index in [1.54, 1.807) is 0 Å². The van der Waals surface area contributed by atoms with Gasteiger partial charge in [-0.2, -0.15) is 0 Å². The van der Waals surface area contributed by atoms with E-state index in [1.165, 1.54) is 22.0 Å². The molecule has 2 heteroatoms. The maximum atomic E-state index is 3.52. The minimum absolute atomic E-state index is 0.452. The predicted octanol–water partition coefficient (Wildman–Crippen LogP) is 4.73. The number of hydrogen-bond acceptors (Lipinski definition) is 1. The summed E-state index contributed by atoms with van der Waals surface area (Å²) in [6.45, 7) is 0. The highest BCUT2D eigenvalue weighted by Gasteiger charge is 2.08. The molecule has 2 aromatic carbocycles. The van der Waals surface area contributed by atoms with Crippen LogP contribution in [0.5, 0.6) is 0 Å². The van der Waals surface area contributed by atoms with Crippen molar-refractivity contribution in [1.29, 1.82) is 0 Å². The van der Waals surface area contributed by atoms with Crippen molar-refractivity contribution in [1.82, 2.24) is 5.32 Å². The van der Waals surface area contributed by atoms with Crippen molar-refractivity contribution >= 4 is 15.9 Å². The van der Waals surface area contributed by atoms with Crippen LogP contribution in [0, 0.1) is 0 Å². The Morgan fingerprint density at radius 1 is 1.05 bits per heavy atom. The highest BCUT2D eigenvalue weighted by atomic mass is 79.9. The number of nitrogens with one attached hydrogen (secondary N) is 1. The van der Waals surface area contributed by atoms with Gasteiger partial charge in [0.2, 0.25) is 0 Å². The number of benzene rings is 2. The standard InChI is InChI=1S/C17H20BrN/c1-19-17(15-9-3-2-4-10-15)12-6-8-14-7-5-11-16(18)13-14/h2-5,7,9-11,13,17,19H,6,8,12H2,1H3. The Bertz CT molecular complexity index is 496. The Kier molecular flexibility index (Phi) is 5.62. The predicted molar refractivity (Wildman–Crippen MR) is 85.3 cm³/mol. The van der Waals surface area contributed by atoms with Crippen LogP contribution in [0.1, 0.15) is 30.0 Å². The van der Waals surface area contributed by atoms with Crippen molar-refractivity contribution in [2.45, 2.75) is 25.3 Å². The molecule has 0 radical (unpaired) electrons. The van der Waals surface area contributed by atoms with Crippen molar-refractivity contribution < 1.29 is 0 Å². The van der Waals surface area contributed by atoms with Crippen LogP contribution >= 0.6 is 15.9 Å². The average molecular weight is 318 g/mol. The first-order valence-electron chi connectivity index (χ1n) is 6.76. The number of aryl methyl sites for hydroxylation is 1. The maximum absolute atomic E-state index is 3.52. The Labute approximate surface area is 124 Å². The van der Waals surface area contributed by atoms with Gasteiger partial charge in [0.1, 0.15) is 0 Å². The first kappa shape index (κ1) is 14.3. The average Bonchev–Trinajstić information content (AvgIpc) is 2.45. The van der Waals surface area contributed by atoms with Gasteiger partial charge >= 0.3 is 0 Å². The Balaban J connectivity index is 1.87. The lowest BCUT2D eigenvalue weighted by Crippen LogP contribution is -2.16. The summed E-state index contributed by atoms with van der Waals surface area (Å²) in [7, 11) is 2.04. The second kappa shape index (κ2) is 7.46. The number of hydrogen-bond donors (Lipinski definition) is 1. The van der Waals surface area contributed by atoms with E-state index in [0.717, 1.165) is 12.8 Å². The fourth-order valence-corrected chi connectivity index (χ4v) is 2.81. The highest BCUT2D eigenvalue weighted by molar-refractivity contribution is 9.10. The third-order valence-corrected chi connectivity index (χ3v) is 3.89. The third-order valence-electron chi connectivity index (χ3n) is 3.40. The zero-order valence-corrected chi connectivity index (χ0v) is 12.9. The van der Waals surface area contributed by atoms with Crippen LogP contribution in [0.2, 0.25) is 0 Å². The van der Waals surface area contributed by atoms with Gasteiger partial charge in [-0.05, 0) is 49.6 Å². The summed E-state index contributed by atoms with van der Waals surface area (Å²) in [6.07, 6.45) is 3.48. The van der Waals surface area contributed by atoms with E-state index in [1.807, 2.05) is 7.05 Å². The highest BCUT2D eigenvalue weighted by Crippen LogP contribution is 2.20. The van der Waals surface area contributed by atoms with Crippen molar-refractivity contribution in [3.8, 4) is 0 Å². The van der Waals surface area contributed by atoms with Crippen LogP contribution in [-0.2, 0) is 6.42 Å². The molecule has 100 valence electrons. The van der Waals surface area contributed by atoms with Gasteiger partial charge in [0.05, 0.1) is 0 Å². The normalized spacial score (nSPS) is 12.3. The summed E-state index contributed by atoms with van der Waals surface area (Å²) in [6, 6.07) is 19.7. The first-order valence-corrected chi connectivity index (χ1v) is 7.55. The van der Waals surface area contributed by atoms with Crippen LogP contribution in [0.25, 0.3) is 0 Å². The fourth-order valence-electron chi connectivity index (χ4n) is 2.37. The van der Waals surface area contributed by atoms with Crippen LogP contribution in [-0.4, -0.2) is 7.05 Å². The minimum Gasteiger partial charge on any atom is -0.313 e. The van der Waals surface area contributed by atoms with Crippen LogP contribution in [0.3, 0.4) is 0 Å². The van der Waals surface area contributed by atoms with Crippen LogP contribution in [0.4, 0.5) is 0 Å². The molecule has 1 N–H and O–H groups in total. The molecular weight excluding hydrogens is 298 g/mol. The lowest BCUT2D eigenvalue weighted by Gasteiger charge is -2.16. The molecule has 0 amide bonds. The summed E-state index contributed by atoms with van der Waals surface area (Å²) in [5.74, 6) is 0. The van der Waals surface area contributed by atoms with Gasteiger partial charge in [-0.15, -0.1) is 0 Å². The van der Waals surface area contributed by atoms with Gasteiger partial charge in [-0.3, -0.25) is 0 Å². The molecule has 0 aliphatic carbocycles. The molecule has 0 fully saturated rings. The molecular formula is C17H20BrN. The lowest BCUT2D eigenvalue weighted by atomic mass is 9.99. The Morgan fingerprint density at radius 3 is 2.53 bits per heavy atom. The Hall–Kier alpha value is -1.12. The number of halogens is 1. The molecule has 2 aromatic rings. The molecule has 0 aliphatic rings. The van der Waals surface area contributed by atoms with E-state index in [0.29, 0.717) is 6.04 Å². The van der Waals surface area contributed by atoms with Crippen molar-refractivity contribution in [3.63, 3.8) is 0 Å². The summed E-state index contributed by atoms with van der Waals surface area (Å²) in [5.41, 5.74) is 2.77. The van der Waals surface area contributed by atoms with Crippen LogP contribution in [0.15, 0.2) is 59.1 Å². The Morgan fingerprint density at radius 2 is 1.84 bits per heavy atom. The zero-order valence-electron chi connectivity index (χ0n) is 11.3. The fraction of sp³-hybridized carbons (Fsp3) is 0.294. The summed E-state index contributed by atoms with van der Waals surface area (Å²) in [4.78, 5) is 0. The summed E-state index contributed by atoms with van der Waals surface area (Å²) >= 11 is 3.52. The van der Waals surface area contributed by atoms with Crippen molar-refractivity contribution in [3.05, 3.63) is 70.2 Å². The molecule has 1 unspecified atom stereocenters. The minimum atomic E-state index is 0.452. The van der Waals surface area contributed by atoms with Gasteiger partial charge in [0, 0.05) is 10.5 Å². The van der Waals surface area contributed by atoms with E-state index in [-0.39, 0.29) is 0 Å². The number of rotatable bonds is 6. The monoisotopic (exact) mass is 317 g/mol. The molecule has 0 saturated carbocycles. The molecule has 2 rings (SSSR count). The van der Waals surface area contributed by atoms with Crippen LogP contribution < -0.4 is 5.32 Å². The molecule has 1 nitrogen and oxygen atoms in total. The van der Waals surface area contributed by atoms with Gasteiger partial charge in [0.15, 0.2) is 0 Å². The quantitative estimate of drug-likeness (QED) is 0.812. The molecule has 0 aliphatic heterocycles.